The summed E-state index contributed by atoms with van der Waals surface area (Å²) >= 11 is 0. The van der Waals surface area contributed by atoms with Gasteiger partial charge in [0.1, 0.15) is 0 Å². The van der Waals surface area contributed by atoms with E-state index in [1.165, 1.54) is 0 Å². The fourth-order valence-corrected chi connectivity index (χ4v) is 10.7. The molecule has 3 rings (SSSR count). The van der Waals surface area contributed by atoms with Gasteiger partial charge in [-0.15, -0.1) is 0 Å². The molecule has 3 nitrogen and oxygen atoms in total. The van der Waals surface area contributed by atoms with E-state index in [4.69, 9.17) is 4.43 Å². The largest absolute Gasteiger partial charge is 0.416 e. The van der Waals surface area contributed by atoms with Crippen LogP contribution in [-0.4, -0.2) is 27.4 Å². The van der Waals surface area contributed by atoms with Crippen molar-refractivity contribution in [3.05, 3.63) is 65.2 Å². The molecular formula is C27H35NO2Si. The number of hydrogen-bond acceptors (Lipinski definition) is 2. The van der Waals surface area contributed by atoms with Crippen LogP contribution >= 0.6 is 0 Å². The topological polar surface area (TPSA) is 29.5 Å². The number of carbonyl (C=O) groups excluding carboxylic acids is 1. The number of fused-ring (bicyclic) bond motifs is 2. The van der Waals surface area contributed by atoms with Crippen LogP contribution < -0.4 is 4.90 Å². The van der Waals surface area contributed by atoms with Gasteiger partial charge in [0.05, 0.1) is 11.3 Å². The summed E-state index contributed by atoms with van der Waals surface area (Å²) in [4.78, 5) is 15.4. The minimum absolute atomic E-state index is 0.0112. The highest BCUT2D eigenvalue weighted by Crippen LogP contribution is 2.42. The highest BCUT2D eigenvalue weighted by molar-refractivity contribution is 6.77. The number of para-hydroxylation sites is 1. The third-order valence-corrected chi connectivity index (χ3v) is 12.6. The Morgan fingerprint density at radius 2 is 1.39 bits per heavy atom. The molecule has 0 fully saturated rings. The molecule has 0 aliphatic carbocycles. The van der Waals surface area contributed by atoms with Gasteiger partial charge in [-0.25, -0.2) is 0 Å². The van der Waals surface area contributed by atoms with Gasteiger partial charge in [0, 0.05) is 24.3 Å². The average molecular weight is 434 g/mol. The molecule has 1 heterocycles. The molecule has 2 aromatic carbocycles. The smallest absolute Gasteiger partial charge is 0.259 e. The molecule has 0 spiro atoms. The molecule has 0 aromatic heterocycles. The van der Waals surface area contributed by atoms with Crippen molar-refractivity contribution < 1.29 is 9.22 Å². The van der Waals surface area contributed by atoms with Crippen LogP contribution in [0.1, 0.15) is 69.4 Å². The molecule has 2 aromatic rings. The van der Waals surface area contributed by atoms with Crippen LogP contribution in [0, 0.1) is 11.8 Å². The first-order valence-corrected chi connectivity index (χ1v) is 13.6. The van der Waals surface area contributed by atoms with Crippen LogP contribution in [0.4, 0.5) is 5.69 Å². The third-order valence-electron chi connectivity index (χ3n) is 6.51. The van der Waals surface area contributed by atoms with Crippen LogP contribution in [0.3, 0.4) is 0 Å². The van der Waals surface area contributed by atoms with Crippen molar-refractivity contribution >= 4 is 19.9 Å². The molecule has 31 heavy (non-hydrogen) atoms. The van der Waals surface area contributed by atoms with Crippen molar-refractivity contribution in [2.24, 2.45) is 0 Å². The molecule has 0 unspecified atom stereocenters. The van der Waals surface area contributed by atoms with Crippen molar-refractivity contribution in [2.45, 2.75) is 64.6 Å². The second-order valence-electron chi connectivity index (χ2n) is 9.29. The summed E-state index contributed by atoms with van der Waals surface area (Å²) in [5.41, 5.74) is 4.89. The van der Waals surface area contributed by atoms with Crippen LogP contribution in [-0.2, 0) is 4.43 Å². The lowest BCUT2D eigenvalue weighted by Gasteiger charge is -2.42. The molecule has 0 radical (unpaired) electrons. The van der Waals surface area contributed by atoms with Crippen molar-refractivity contribution in [3.63, 3.8) is 0 Å². The molecule has 4 heteroatoms. The molecule has 1 aliphatic heterocycles. The molecule has 0 atom stereocenters. The quantitative estimate of drug-likeness (QED) is 0.266. The Morgan fingerprint density at radius 3 is 2.03 bits per heavy atom. The number of amides is 1. The standard InChI is InChI=1S/C27H35NO2Si/c1-20(2)31(21(3)4,22(5)6)30-19-11-18-28-26-15-10-8-13-24(26)17-16-23-12-7-9-14-25(23)27(28)29/h7-10,12-15,20-22H,11,18-19H2,1-6H3. The Kier molecular flexibility index (Phi) is 7.41. The number of hydrogen-bond donors (Lipinski definition) is 0. The Balaban J connectivity index is 1.83. The summed E-state index contributed by atoms with van der Waals surface area (Å²) in [6.07, 6.45) is 0.802. The van der Waals surface area contributed by atoms with Crippen LogP contribution in [0.25, 0.3) is 0 Å². The van der Waals surface area contributed by atoms with Gasteiger partial charge in [0.2, 0.25) is 0 Å². The summed E-state index contributed by atoms with van der Waals surface area (Å²) < 4.78 is 6.73. The molecule has 0 bridgehead atoms. The van der Waals surface area contributed by atoms with Crippen LogP contribution in [0.5, 0.6) is 0 Å². The van der Waals surface area contributed by atoms with E-state index >= 15 is 0 Å². The lowest BCUT2D eigenvalue weighted by atomic mass is 10.0. The monoisotopic (exact) mass is 433 g/mol. The number of rotatable bonds is 8. The van der Waals surface area contributed by atoms with Crippen LogP contribution in [0.2, 0.25) is 16.6 Å². The fraction of sp³-hybridized carbons (Fsp3) is 0.444. The zero-order valence-corrected chi connectivity index (χ0v) is 20.7. The van der Waals surface area contributed by atoms with E-state index in [9.17, 15) is 4.79 Å². The molecule has 0 N–H and O–H groups in total. The lowest BCUT2D eigenvalue weighted by Crippen LogP contribution is -2.48. The van der Waals surface area contributed by atoms with E-state index in [0.29, 0.717) is 35.3 Å². The van der Waals surface area contributed by atoms with Gasteiger partial charge in [0.25, 0.3) is 5.91 Å². The summed E-state index contributed by atoms with van der Waals surface area (Å²) in [5, 5.41) is 0. The van der Waals surface area contributed by atoms with Gasteiger partial charge in [-0.05, 0) is 47.3 Å². The summed E-state index contributed by atoms with van der Waals surface area (Å²) in [5.74, 6) is 6.45. The summed E-state index contributed by atoms with van der Waals surface area (Å²) in [7, 11) is -1.90. The maximum Gasteiger partial charge on any atom is 0.259 e. The van der Waals surface area contributed by atoms with Gasteiger partial charge in [-0.1, -0.05) is 77.6 Å². The normalized spacial score (nSPS) is 13.6. The van der Waals surface area contributed by atoms with Gasteiger partial charge < -0.3 is 9.33 Å². The molecule has 0 saturated carbocycles. The van der Waals surface area contributed by atoms with E-state index in [0.717, 1.165) is 23.2 Å². The van der Waals surface area contributed by atoms with Crippen molar-refractivity contribution in [2.75, 3.05) is 18.1 Å². The van der Waals surface area contributed by atoms with E-state index in [1.54, 1.807) is 0 Å². The van der Waals surface area contributed by atoms with Gasteiger partial charge in [-0.3, -0.25) is 4.79 Å². The summed E-state index contributed by atoms with van der Waals surface area (Å²) in [6, 6.07) is 15.6. The Morgan fingerprint density at radius 1 is 0.839 bits per heavy atom. The average Bonchev–Trinajstić information content (AvgIpc) is 2.73. The Bertz CT molecular complexity index is 962. The molecule has 0 saturated heterocycles. The number of benzene rings is 2. The zero-order chi connectivity index (χ0) is 22.6. The Labute approximate surface area is 188 Å². The number of carbonyl (C=O) groups is 1. The van der Waals surface area contributed by atoms with Crippen molar-refractivity contribution in [3.8, 4) is 11.8 Å². The highest BCUT2D eigenvalue weighted by Gasteiger charge is 2.44. The van der Waals surface area contributed by atoms with E-state index in [2.05, 4.69) is 53.4 Å². The van der Waals surface area contributed by atoms with Crippen LogP contribution in [0.15, 0.2) is 48.5 Å². The SMILES string of the molecule is CC(C)[Si](OCCCN1C(=O)c2ccccc2C#Cc2ccccc21)(C(C)C)C(C)C. The molecular weight excluding hydrogens is 398 g/mol. The van der Waals surface area contributed by atoms with Gasteiger partial charge in [0.15, 0.2) is 8.32 Å². The predicted octanol–water partition coefficient (Wildman–Crippen LogP) is 6.63. The third kappa shape index (κ3) is 4.63. The zero-order valence-electron chi connectivity index (χ0n) is 19.7. The second-order valence-corrected chi connectivity index (χ2v) is 14.7. The van der Waals surface area contributed by atoms with Crippen molar-refractivity contribution in [1.82, 2.24) is 0 Å². The predicted molar refractivity (Wildman–Crippen MR) is 132 cm³/mol. The minimum Gasteiger partial charge on any atom is -0.416 e. The van der Waals surface area contributed by atoms with Gasteiger partial charge in [-0.2, -0.15) is 0 Å². The first-order chi connectivity index (χ1) is 14.8. The molecule has 164 valence electrons. The number of nitrogens with zero attached hydrogens (tertiary/aromatic N) is 1. The minimum atomic E-state index is -1.90. The fourth-order valence-electron chi connectivity index (χ4n) is 5.18. The molecule has 1 aliphatic rings. The van der Waals surface area contributed by atoms with Gasteiger partial charge >= 0.3 is 0 Å². The maximum atomic E-state index is 13.5. The lowest BCUT2D eigenvalue weighted by molar-refractivity contribution is 0.0985. The second kappa shape index (κ2) is 9.85. The first kappa shape index (κ1) is 23.3. The van der Waals surface area contributed by atoms with Crippen molar-refractivity contribution in [1.29, 1.82) is 0 Å². The molecule has 1 amide bonds. The first-order valence-electron chi connectivity index (χ1n) is 11.4. The number of anilines is 1. The Hall–Kier alpha value is -2.35. The summed E-state index contributed by atoms with van der Waals surface area (Å²) in [6.45, 7) is 15.1. The maximum absolute atomic E-state index is 13.5. The van der Waals surface area contributed by atoms with E-state index < -0.39 is 8.32 Å². The van der Waals surface area contributed by atoms with E-state index in [1.807, 2.05) is 53.4 Å². The van der Waals surface area contributed by atoms with E-state index in [-0.39, 0.29) is 5.91 Å². The highest BCUT2D eigenvalue weighted by atomic mass is 28.4.